The summed E-state index contributed by atoms with van der Waals surface area (Å²) in [5.74, 6) is 0. The molecule has 0 fully saturated rings. The van der Waals surface area contributed by atoms with Crippen LogP contribution in [0.4, 0.5) is 0 Å². The molecule has 0 aliphatic rings. The molecule has 0 heterocycles. The van der Waals surface area contributed by atoms with E-state index in [0.29, 0.717) is 0 Å². The van der Waals surface area contributed by atoms with Gasteiger partial charge in [-0.25, -0.2) is 0 Å². The first-order chi connectivity index (χ1) is 2.81. The standard InChI is InChI=1S/C3H7GeO2/c1-5-3(4)6-2/h3H,1-2H3. The second-order valence-electron chi connectivity index (χ2n) is 0.803. The van der Waals surface area contributed by atoms with Gasteiger partial charge in [0.15, 0.2) is 0 Å². The van der Waals surface area contributed by atoms with Crippen LogP contribution in [0.25, 0.3) is 0 Å². The normalized spacial score (nSPS) is 10.0. The van der Waals surface area contributed by atoms with Gasteiger partial charge in [0.2, 0.25) is 0 Å². The molecule has 6 heavy (non-hydrogen) atoms. The van der Waals surface area contributed by atoms with Crippen molar-refractivity contribution in [1.82, 2.24) is 0 Å². The molecule has 0 saturated carbocycles. The van der Waals surface area contributed by atoms with Crippen molar-refractivity contribution in [1.29, 1.82) is 0 Å². The molecule has 0 atom stereocenters. The molecule has 3 radical (unpaired) electrons. The van der Waals surface area contributed by atoms with Gasteiger partial charge in [-0.3, -0.25) is 0 Å². The van der Waals surface area contributed by atoms with Gasteiger partial charge in [0.05, 0.1) is 0 Å². The van der Waals surface area contributed by atoms with E-state index in [2.05, 4.69) is 9.47 Å². The van der Waals surface area contributed by atoms with Crippen LogP contribution in [0.15, 0.2) is 0 Å². The Morgan fingerprint density at radius 1 is 1.33 bits per heavy atom. The average molecular weight is 148 g/mol. The number of methoxy groups -OCH3 is 2. The van der Waals surface area contributed by atoms with Gasteiger partial charge >= 0.3 is 45.3 Å². The average Bonchev–Trinajstić information content (AvgIpc) is 1.65. The summed E-state index contributed by atoms with van der Waals surface area (Å²) in [7, 11) is 3.21. The van der Waals surface area contributed by atoms with Crippen molar-refractivity contribution in [3.8, 4) is 0 Å². The molecule has 0 unspecified atom stereocenters. The molecule has 0 spiro atoms. The Labute approximate surface area is 46.0 Å². The molecule has 0 aromatic rings. The van der Waals surface area contributed by atoms with Gasteiger partial charge in [-0.2, -0.15) is 0 Å². The zero-order chi connectivity index (χ0) is 4.99. The molecule has 0 aliphatic carbocycles. The zero-order valence-electron chi connectivity index (χ0n) is 3.89. The van der Waals surface area contributed by atoms with E-state index in [1.165, 1.54) is 0 Å². The van der Waals surface area contributed by atoms with E-state index >= 15 is 0 Å². The number of rotatable bonds is 2. The van der Waals surface area contributed by atoms with Gasteiger partial charge in [-0.05, 0) is 0 Å². The fourth-order valence-corrected chi connectivity index (χ4v) is 0.0962. The molecule has 0 saturated heterocycles. The summed E-state index contributed by atoms with van der Waals surface area (Å²) in [4.78, 5) is 0. The quantitative estimate of drug-likeness (QED) is 0.396. The zero-order valence-corrected chi connectivity index (χ0v) is 5.99. The molecule has 2 nitrogen and oxygen atoms in total. The third-order valence-corrected chi connectivity index (χ3v) is 1.42. The molecule has 0 rings (SSSR count). The van der Waals surface area contributed by atoms with Crippen LogP contribution in [-0.2, 0) is 9.47 Å². The Balaban J connectivity index is 2.75. The number of hydrogen-bond acceptors (Lipinski definition) is 2. The van der Waals surface area contributed by atoms with E-state index in [-0.39, 0.29) is 5.12 Å². The third kappa shape index (κ3) is 2.69. The fraction of sp³-hybridized carbons (Fsp3) is 1.00. The van der Waals surface area contributed by atoms with Crippen LogP contribution < -0.4 is 0 Å². The first-order valence-electron chi connectivity index (χ1n) is 1.58. The van der Waals surface area contributed by atoms with Crippen LogP contribution in [0.5, 0.6) is 0 Å². The summed E-state index contributed by atoms with van der Waals surface area (Å²) >= 11 is 1.83. The van der Waals surface area contributed by atoms with Crippen molar-refractivity contribution in [3.63, 3.8) is 0 Å². The number of hydrogen-bond donors (Lipinski definition) is 0. The van der Waals surface area contributed by atoms with Crippen molar-refractivity contribution in [2.75, 3.05) is 14.2 Å². The minimum atomic E-state index is -0.0648. The molecular formula is C3H7GeO2. The van der Waals surface area contributed by atoms with Crippen LogP contribution in [0.2, 0.25) is 0 Å². The molecule has 0 N–H and O–H groups in total. The molecule has 0 aromatic carbocycles. The van der Waals surface area contributed by atoms with Crippen molar-refractivity contribution >= 4 is 16.5 Å². The Hall–Kier alpha value is 0.463. The van der Waals surface area contributed by atoms with Crippen LogP contribution in [0.1, 0.15) is 0 Å². The SMILES string of the molecule is CO[CH]([Ge])OC. The number of ether oxygens (including phenoxy) is 2. The van der Waals surface area contributed by atoms with Crippen molar-refractivity contribution in [2.45, 2.75) is 5.12 Å². The van der Waals surface area contributed by atoms with Crippen LogP contribution >= 0.6 is 0 Å². The van der Waals surface area contributed by atoms with Gasteiger partial charge in [-0.1, -0.05) is 0 Å². The molecule has 0 aliphatic heterocycles. The Kier molecular flexibility index (Phi) is 3.93. The maximum absolute atomic E-state index is 4.68. The first kappa shape index (κ1) is 6.46. The molecular weight excluding hydrogens is 141 g/mol. The van der Waals surface area contributed by atoms with E-state index in [9.17, 15) is 0 Å². The summed E-state index contributed by atoms with van der Waals surface area (Å²) < 4.78 is 9.35. The predicted molar refractivity (Wildman–Crippen MR) is 23.6 cm³/mol. The van der Waals surface area contributed by atoms with E-state index in [4.69, 9.17) is 0 Å². The summed E-state index contributed by atoms with van der Waals surface area (Å²) in [6.07, 6.45) is 0. The Bertz CT molecular complexity index is 28.0. The van der Waals surface area contributed by atoms with Gasteiger partial charge < -0.3 is 0 Å². The van der Waals surface area contributed by atoms with Crippen LogP contribution in [0.3, 0.4) is 0 Å². The van der Waals surface area contributed by atoms with E-state index in [1.807, 2.05) is 16.5 Å². The van der Waals surface area contributed by atoms with Gasteiger partial charge in [0, 0.05) is 0 Å². The summed E-state index contributed by atoms with van der Waals surface area (Å²) in [6, 6.07) is 0. The Morgan fingerprint density at radius 3 is 1.67 bits per heavy atom. The molecule has 35 valence electrons. The van der Waals surface area contributed by atoms with Gasteiger partial charge in [0.1, 0.15) is 0 Å². The summed E-state index contributed by atoms with van der Waals surface area (Å²) in [6.45, 7) is 0. The topological polar surface area (TPSA) is 18.5 Å². The van der Waals surface area contributed by atoms with E-state index < -0.39 is 0 Å². The molecule has 3 heteroatoms. The maximum atomic E-state index is 4.68. The first-order valence-corrected chi connectivity index (χ1v) is 2.79. The van der Waals surface area contributed by atoms with Gasteiger partial charge in [0.25, 0.3) is 0 Å². The fourth-order valence-electron chi connectivity index (χ4n) is 0.0962. The second-order valence-corrected chi connectivity index (χ2v) is 1.79. The van der Waals surface area contributed by atoms with Crippen molar-refractivity contribution < 1.29 is 9.47 Å². The minimum absolute atomic E-state index is 0.0648. The molecule has 0 aromatic heterocycles. The monoisotopic (exact) mass is 149 g/mol. The predicted octanol–water partition coefficient (Wildman–Crippen LogP) is -0.269. The van der Waals surface area contributed by atoms with Crippen molar-refractivity contribution in [3.05, 3.63) is 0 Å². The van der Waals surface area contributed by atoms with Crippen molar-refractivity contribution in [2.24, 2.45) is 0 Å². The third-order valence-electron chi connectivity index (χ3n) is 0.428. The summed E-state index contributed by atoms with van der Waals surface area (Å²) in [5.41, 5.74) is 0. The molecule has 0 bridgehead atoms. The summed E-state index contributed by atoms with van der Waals surface area (Å²) in [5, 5.41) is -0.0648. The van der Waals surface area contributed by atoms with Gasteiger partial charge in [-0.15, -0.1) is 0 Å². The van der Waals surface area contributed by atoms with E-state index in [1.54, 1.807) is 14.2 Å². The van der Waals surface area contributed by atoms with E-state index in [0.717, 1.165) is 0 Å². The molecule has 0 amide bonds. The van der Waals surface area contributed by atoms with Crippen LogP contribution in [0, 0.1) is 0 Å². The van der Waals surface area contributed by atoms with Crippen LogP contribution in [-0.4, -0.2) is 35.9 Å². The Morgan fingerprint density at radius 2 is 1.67 bits per heavy atom. The second kappa shape index (κ2) is 3.65.